The minimum atomic E-state index is -0.0691. The molecule has 1 aromatic heterocycles. The normalized spacial score (nSPS) is 10.5. The quantitative estimate of drug-likeness (QED) is 0.457. The maximum Gasteiger partial charge on any atom is 0.251 e. The molecule has 6 heteroatoms. The van der Waals surface area contributed by atoms with E-state index in [4.69, 9.17) is 4.74 Å². The number of aryl methyl sites for hydroxylation is 1. The van der Waals surface area contributed by atoms with E-state index in [1.165, 1.54) is 4.90 Å². The number of hydrogen-bond donors (Lipinski definition) is 1. The van der Waals surface area contributed by atoms with Crippen LogP contribution in [0.3, 0.4) is 0 Å². The number of nitrogens with one attached hydrogen (secondary N) is 1. The lowest BCUT2D eigenvalue weighted by molar-refractivity contribution is 0.0956. The minimum absolute atomic E-state index is 0.0691. The number of nitrogens with zero attached hydrogens (tertiary/aromatic N) is 1. The fraction of sp³-hybridized carbons (Fsp3) is 0.200. The third-order valence-electron chi connectivity index (χ3n) is 3.57. The van der Waals surface area contributed by atoms with E-state index in [0.29, 0.717) is 18.7 Å². The molecule has 0 bridgehead atoms. The fourth-order valence-electron chi connectivity index (χ4n) is 2.29. The van der Waals surface area contributed by atoms with Crippen LogP contribution in [0.15, 0.2) is 64.9 Å². The molecule has 0 saturated carbocycles. The lowest BCUT2D eigenvalue weighted by Gasteiger charge is -2.07. The molecule has 1 amide bonds. The minimum Gasteiger partial charge on any atom is -0.487 e. The average molecular weight is 385 g/mol. The first-order valence-electron chi connectivity index (χ1n) is 8.30. The van der Waals surface area contributed by atoms with E-state index < -0.39 is 0 Å². The van der Waals surface area contributed by atoms with Crippen molar-refractivity contribution in [3.8, 4) is 5.75 Å². The van der Waals surface area contributed by atoms with Crippen molar-refractivity contribution in [3.05, 3.63) is 76.2 Å². The average Bonchev–Trinajstić information content (AvgIpc) is 3.10. The summed E-state index contributed by atoms with van der Waals surface area (Å²) in [5.41, 5.74) is 1.55. The van der Waals surface area contributed by atoms with E-state index in [0.717, 1.165) is 22.2 Å². The summed E-state index contributed by atoms with van der Waals surface area (Å²) in [4.78, 5) is 17.7. The highest BCUT2D eigenvalue weighted by atomic mass is 32.2. The van der Waals surface area contributed by atoms with Crippen LogP contribution in [0.1, 0.15) is 21.1 Å². The van der Waals surface area contributed by atoms with E-state index in [2.05, 4.69) is 22.4 Å². The van der Waals surface area contributed by atoms with Crippen LogP contribution in [0, 0.1) is 6.92 Å². The molecular weight excluding hydrogens is 364 g/mol. The molecule has 3 aromatic rings. The van der Waals surface area contributed by atoms with Crippen LogP contribution in [0.4, 0.5) is 0 Å². The van der Waals surface area contributed by atoms with E-state index in [1.807, 2.05) is 42.6 Å². The number of amides is 1. The summed E-state index contributed by atoms with van der Waals surface area (Å²) in [6, 6.07) is 17.3. The third kappa shape index (κ3) is 5.61. The molecule has 4 nitrogen and oxygen atoms in total. The van der Waals surface area contributed by atoms with Crippen molar-refractivity contribution >= 4 is 29.0 Å². The number of rotatable bonds is 8. The van der Waals surface area contributed by atoms with Crippen molar-refractivity contribution in [1.82, 2.24) is 10.3 Å². The van der Waals surface area contributed by atoms with Gasteiger partial charge in [0.15, 0.2) is 0 Å². The standard InChI is InChI=1S/C20H20N2O2S2/c1-15-22-17(14-26-15)13-24-18-9-7-16(8-10-18)20(23)21-11-12-25-19-5-3-2-4-6-19/h2-10,14H,11-13H2,1H3,(H,21,23). The molecule has 0 fully saturated rings. The summed E-state index contributed by atoms with van der Waals surface area (Å²) < 4.78 is 5.70. The van der Waals surface area contributed by atoms with E-state index in [-0.39, 0.29) is 5.91 Å². The molecule has 0 radical (unpaired) electrons. The monoisotopic (exact) mass is 384 g/mol. The molecule has 1 heterocycles. The van der Waals surface area contributed by atoms with Gasteiger partial charge < -0.3 is 10.1 Å². The van der Waals surface area contributed by atoms with Gasteiger partial charge in [0.25, 0.3) is 5.91 Å². The molecule has 2 aromatic carbocycles. The Morgan fingerprint density at radius 2 is 1.92 bits per heavy atom. The Labute approximate surface area is 161 Å². The summed E-state index contributed by atoms with van der Waals surface area (Å²) in [7, 11) is 0. The summed E-state index contributed by atoms with van der Waals surface area (Å²) in [6.45, 7) is 3.03. The predicted molar refractivity (Wildman–Crippen MR) is 107 cm³/mol. The molecule has 0 atom stereocenters. The second kappa shape index (κ2) is 9.40. The smallest absolute Gasteiger partial charge is 0.251 e. The first kappa shape index (κ1) is 18.5. The number of carbonyl (C=O) groups excluding carboxylic acids is 1. The maximum atomic E-state index is 12.2. The van der Waals surface area contributed by atoms with Gasteiger partial charge in [-0.25, -0.2) is 4.98 Å². The molecule has 0 aliphatic heterocycles. The molecule has 0 saturated heterocycles. The Morgan fingerprint density at radius 1 is 1.15 bits per heavy atom. The zero-order valence-electron chi connectivity index (χ0n) is 14.5. The Bertz CT molecular complexity index is 833. The Hall–Kier alpha value is -2.31. The van der Waals surface area contributed by atoms with Gasteiger partial charge in [-0.3, -0.25) is 4.79 Å². The van der Waals surface area contributed by atoms with Crippen LogP contribution in [0.25, 0.3) is 0 Å². The molecule has 0 unspecified atom stereocenters. The van der Waals surface area contributed by atoms with E-state index >= 15 is 0 Å². The van der Waals surface area contributed by atoms with Crippen LogP contribution in [0.5, 0.6) is 5.75 Å². The molecule has 3 rings (SSSR count). The number of ether oxygens (including phenoxy) is 1. The van der Waals surface area contributed by atoms with Gasteiger partial charge in [0.1, 0.15) is 12.4 Å². The molecule has 134 valence electrons. The highest BCUT2D eigenvalue weighted by Gasteiger charge is 2.06. The molecule has 0 aliphatic rings. The second-order valence-electron chi connectivity index (χ2n) is 5.59. The number of benzene rings is 2. The van der Waals surface area contributed by atoms with Crippen molar-refractivity contribution in [1.29, 1.82) is 0 Å². The van der Waals surface area contributed by atoms with Crippen molar-refractivity contribution < 1.29 is 9.53 Å². The van der Waals surface area contributed by atoms with Gasteiger partial charge in [-0.2, -0.15) is 0 Å². The second-order valence-corrected chi connectivity index (χ2v) is 7.82. The predicted octanol–water partition coefficient (Wildman–Crippen LogP) is 4.55. The molecule has 0 aliphatic carbocycles. The van der Waals surface area contributed by atoms with Gasteiger partial charge >= 0.3 is 0 Å². The highest BCUT2D eigenvalue weighted by molar-refractivity contribution is 7.99. The molecule has 0 spiro atoms. The van der Waals surface area contributed by atoms with Gasteiger partial charge in [0, 0.05) is 28.1 Å². The Morgan fingerprint density at radius 3 is 2.62 bits per heavy atom. The SMILES string of the molecule is Cc1nc(COc2ccc(C(=O)NCCSc3ccccc3)cc2)cs1. The third-order valence-corrected chi connectivity index (χ3v) is 5.41. The zero-order valence-corrected chi connectivity index (χ0v) is 16.1. The molecule has 1 N–H and O–H groups in total. The van der Waals surface area contributed by atoms with E-state index in [9.17, 15) is 4.79 Å². The number of thiazole rings is 1. The van der Waals surface area contributed by atoms with Crippen LogP contribution in [-0.2, 0) is 6.61 Å². The van der Waals surface area contributed by atoms with Crippen LogP contribution >= 0.6 is 23.1 Å². The highest BCUT2D eigenvalue weighted by Crippen LogP contribution is 2.17. The lowest BCUT2D eigenvalue weighted by Crippen LogP contribution is -2.25. The summed E-state index contributed by atoms with van der Waals surface area (Å²) in [6.07, 6.45) is 0. The zero-order chi connectivity index (χ0) is 18.2. The van der Waals surface area contributed by atoms with Gasteiger partial charge in [-0.05, 0) is 43.3 Å². The Kier molecular flexibility index (Phi) is 6.68. The number of hydrogen-bond acceptors (Lipinski definition) is 5. The number of carbonyl (C=O) groups is 1. The number of thioether (sulfide) groups is 1. The van der Waals surface area contributed by atoms with Crippen molar-refractivity contribution in [2.75, 3.05) is 12.3 Å². The molecular formula is C20H20N2O2S2. The van der Waals surface area contributed by atoms with Crippen molar-refractivity contribution in [2.45, 2.75) is 18.4 Å². The van der Waals surface area contributed by atoms with Gasteiger partial charge in [0.2, 0.25) is 0 Å². The van der Waals surface area contributed by atoms with Crippen LogP contribution in [-0.4, -0.2) is 23.2 Å². The van der Waals surface area contributed by atoms with Gasteiger partial charge in [-0.1, -0.05) is 18.2 Å². The van der Waals surface area contributed by atoms with Crippen molar-refractivity contribution in [3.63, 3.8) is 0 Å². The topological polar surface area (TPSA) is 51.2 Å². The first-order valence-corrected chi connectivity index (χ1v) is 10.2. The maximum absolute atomic E-state index is 12.2. The van der Waals surface area contributed by atoms with E-state index in [1.54, 1.807) is 35.2 Å². The first-order chi connectivity index (χ1) is 12.7. The molecule has 26 heavy (non-hydrogen) atoms. The van der Waals surface area contributed by atoms with Gasteiger partial charge in [0.05, 0.1) is 10.7 Å². The Balaban J connectivity index is 1.41. The summed E-state index contributed by atoms with van der Waals surface area (Å²) >= 11 is 3.33. The largest absolute Gasteiger partial charge is 0.487 e. The van der Waals surface area contributed by atoms with Crippen LogP contribution in [0.2, 0.25) is 0 Å². The summed E-state index contributed by atoms with van der Waals surface area (Å²) in [5, 5.41) is 5.96. The van der Waals surface area contributed by atoms with Crippen molar-refractivity contribution in [2.24, 2.45) is 0 Å². The summed E-state index contributed by atoms with van der Waals surface area (Å²) in [5.74, 6) is 1.50. The fourth-order valence-corrected chi connectivity index (χ4v) is 3.67. The van der Waals surface area contributed by atoms with Crippen LogP contribution < -0.4 is 10.1 Å². The van der Waals surface area contributed by atoms with Gasteiger partial charge in [-0.15, -0.1) is 23.1 Å². The number of aromatic nitrogens is 1. The lowest BCUT2D eigenvalue weighted by atomic mass is 10.2.